The first kappa shape index (κ1) is 13.9. The molecule has 1 aliphatic rings. The molecule has 0 fully saturated rings. The quantitative estimate of drug-likeness (QED) is 0.758. The SMILES string of the molecule is CCN1Cc2c(Cl)cc(Cl)cc2C(c2ccccc2)C1. The van der Waals surface area contributed by atoms with Crippen LogP contribution in [0.1, 0.15) is 29.5 Å². The number of halogens is 2. The van der Waals surface area contributed by atoms with Gasteiger partial charge in [0.15, 0.2) is 0 Å². The molecule has 3 heteroatoms. The van der Waals surface area contributed by atoms with Gasteiger partial charge in [-0.25, -0.2) is 0 Å². The first-order valence-corrected chi connectivity index (χ1v) is 7.69. The number of hydrogen-bond donors (Lipinski definition) is 0. The van der Waals surface area contributed by atoms with Crippen LogP contribution < -0.4 is 0 Å². The number of nitrogens with zero attached hydrogens (tertiary/aromatic N) is 1. The van der Waals surface area contributed by atoms with Crippen LogP contribution in [0.2, 0.25) is 10.0 Å². The Bertz CT molecular complexity index is 610. The van der Waals surface area contributed by atoms with Crippen molar-refractivity contribution in [3.63, 3.8) is 0 Å². The maximum Gasteiger partial charge on any atom is 0.0468 e. The highest BCUT2D eigenvalue weighted by atomic mass is 35.5. The molecular weight excluding hydrogens is 289 g/mol. The number of rotatable bonds is 2. The van der Waals surface area contributed by atoms with Gasteiger partial charge in [0.25, 0.3) is 0 Å². The number of hydrogen-bond acceptors (Lipinski definition) is 1. The van der Waals surface area contributed by atoms with Crippen LogP contribution in [0.3, 0.4) is 0 Å². The van der Waals surface area contributed by atoms with Crippen molar-refractivity contribution in [3.8, 4) is 0 Å². The standard InChI is InChI=1S/C17H17Cl2N/c1-2-20-10-15(12-6-4-3-5-7-12)14-8-13(18)9-17(19)16(14)11-20/h3-9,15H,2,10-11H2,1H3. The Morgan fingerprint density at radius 1 is 1.15 bits per heavy atom. The summed E-state index contributed by atoms with van der Waals surface area (Å²) >= 11 is 12.6. The van der Waals surface area contributed by atoms with E-state index < -0.39 is 0 Å². The lowest BCUT2D eigenvalue weighted by atomic mass is 9.84. The Morgan fingerprint density at radius 2 is 1.90 bits per heavy atom. The van der Waals surface area contributed by atoms with Gasteiger partial charge in [-0.1, -0.05) is 60.5 Å². The molecule has 0 spiro atoms. The van der Waals surface area contributed by atoms with Crippen LogP contribution in [0.5, 0.6) is 0 Å². The van der Waals surface area contributed by atoms with Crippen LogP contribution in [0.4, 0.5) is 0 Å². The van der Waals surface area contributed by atoms with Crippen molar-refractivity contribution in [2.45, 2.75) is 19.4 Å². The molecular formula is C17H17Cl2N. The van der Waals surface area contributed by atoms with Crippen molar-refractivity contribution >= 4 is 23.2 Å². The largest absolute Gasteiger partial charge is 0.298 e. The van der Waals surface area contributed by atoms with Gasteiger partial charge in [-0.2, -0.15) is 0 Å². The van der Waals surface area contributed by atoms with Crippen LogP contribution in [0, 0.1) is 0 Å². The fraction of sp³-hybridized carbons (Fsp3) is 0.294. The number of fused-ring (bicyclic) bond motifs is 1. The van der Waals surface area contributed by atoms with E-state index in [0.29, 0.717) is 5.92 Å². The van der Waals surface area contributed by atoms with Gasteiger partial charge in [-0.3, -0.25) is 4.90 Å². The molecule has 0 aromatic heterocycles. The molecule has 0 N–H and O–H groups in total. The highest BCUT2D eigenvalue weighted by Crippen LogP contribution is 2.38. The fourth-order valence-corrected chi connectivity index (χ4v) is 3.53. The Balaban J connectivity index is 2.12. The minimum Gasteiger partial charge on any atom is -0.298 e. The first-order valence-electron chi connectivity index (χ1n) is 6.94. The lowest BCUT2D eigenvalue weighted by Crippen LogP contribution is -2.34. The highest BCUT2D eigenvalue weighted by molar-refractivity contribution is 6.35. The normalized spacial score (nSPS) is 18.9. The van der Waals surface area contributed by atoms with Gasteiger partial charge in [0.2, 0.25) is 0 Å². The van der Waals surface area contributed by atoms with E-state index in [9.17, 15) is 0 Å². The summed E-state index contributed by atoms with van der Waals surface area (Å²) in [4.78, 5) is 2.43. The van der Waals surface area contributed by atoms with E-state index >= 15 is 0 Å². The molecule has 20 heavy (non-hydrogen) atoms. The maximum atomic E-state index is 6.41. The second-order valence-corrected chi connectivity index (χ2v) is 6.09. The van der Waals surface area contributed by atoms with Crippen LogP contribution in [-0.2, 0) is 6.54 Å². The zero-order valence-electron chi connectivity index (χ0n) is 11.4. The van der Waals surface area contributed by atoms with E-state index in [1.165, 1.54) is 16.7 Å². The van der Waals surface area contributed by atoms with Crippen LogP contribution in [-0.4, -0.2) is 18.0 Å². The van der Waals surface area contributed by atoms with Gasteiger partial charge < -0.3 is 0 Å². The van der Waals surface area contributed by atoms with E-state index in [0.717, 1.165) is 29.7 Å². The van der Waals surface area contributed by atoms with E-state index in [1.807, 2.05) is 6.07 Å². The minimum atomic E-state index is 0.344. The van der Waals surface area contributed by atoms with Crippen molar-refractivity contribution < 1.29 is 0 Å². The molecule has 1 heterocycles. The van der Waals surface area contributed by atoms with Crippen LogP contribution in [0.15, 0.2) is 42.5 Å². The molecule has 3 rings (SSSR count). The smallest absolute Gasteiger partial charge is 0.0468 e. The van der Waals surface area contributed by atoms with E-state index in [2.05, 4.69) is 48.2 Å². The average molecular weight is 306 g/mol. The Hall–Kier alpha value is -1.02. The third kappa shape index (κ3) is 2.58. The predicted octanol–water partition coefficient (Wildman–Crippen LogP) is 4.96. The molecule has 104 valence electrons. The van der Waals surface area contributed by atoms with Crippen molar-refractivity contribution in [1.29, 1.82) is 0 Å². The summed E-state index contributed by atoms with van der Waals surface area (Å²) in [6.45, 7) is 5.15. The molecule has 0 saturated carbocycles. The number of likely N-dealkylation sites (N-methyl/N-ethyl adjacent to an activating group) is 1. The molecule has 0 amide bonds. The van der Waals surface area contributed by atoms with E-state index in [-0.39, 0.29) is 0 Å². The molecule has 1 unspecified atom stereocenters. The molecule has 0 radical (unpaired) electrons. The zero-order chi connectivity index (χ0) is 14.1. The summed E-state index contributed by atoms with van der Waals surface area (Å²) in [7, 11) is 0. The maximum absolute atomic E-state index is 6.41. The van der Waals surface area contributed by atoms with Crippen molar-refractivity contribution in [2.75, 3.05) is 13.1 Å². The highest BCUT2D eigenvalue weighted by Gasteiger charge is 2.27. The second kappa shape index (κ2) is 5.77. The van der Waals surface area contributed by atoms with Crippen molar-refractivity contribution in [2.24, 2.45) is 0 Å². The summed E-state index contributed by atoms with van der Waals surface area (Å²) < 4.78 is 0. The lowest BCUT2D eigenvalue weighted by molar-refractivity contribution is 0.253. The summed E-state index contributed by atoms with van der Waals surface area (Å²) in [6.07, 6.45) is 0. The van der Waals surface area contributed by atoms with Crippen LogP contribution >= 0.6 is 23.2 Å². The molecule has 0 saturated heterocycles. The predicted molar refractivity (Wildman–Crippen MR) is 85.7 cm³/mol. The molecule has 1 nitrogen and oxygen atoms in total. The number of benzene rings is 2. The summed E-state index contributed by atoms with van der Waals surface area (Å²) in [5, 5.41) is 1.51. The molecule has 0 bridgehead atoms. The lowest BCUT2D eigenvalue weighted by Gasteiger charge is -2.35. The van der Waals surface area contributed by atoms with Gasteiger partial charge in [0.05, 0.1) is 0 Å². The van der Waals surface area contributed by atoms with Crippen molar-refractivity contribution in [1.82, 2.24) is 4.90 Å². The summed E-state index contributed by atoms with van der Waals surface area (Å²) in [5.74, 6) is 0.344. The summed E-state index contributed by atoms with van der Waals surface area (Å²) in [6, 6.07) is 14.5. The molecule has 2 aromatic carbocycles. The van der Waals surface area contributed by atoms with Crippen LogP contribution in [0.25, 0.3) is 0 Å². The zero-order valence-corrected chi connectivity index (χ0v) is 13.0. The van der Waals surface area contributed by atoms with Gasteiger partial charge in [0.1, 0.15) is 0 Å². The van der Waals surface area contributed by atoms with E-state index in [4.69, 9.17) is 23.2 Å². The first-order chi connectivity index (χ1) is 9.69. The minimum absolute atomic E-state index is 0.344. The molecule has 1 aliphatic heterocycles. The topological polar surface area (TPSA) is 3.24 Å². The molecule has 2 aromatic rings. The molecule has 1 atom stereocenters. The van der Waals surface area contributed by atoms with Gasteiger partial charge in [-0.05, 0) is 35.4 Å². The molecule has 0 aliphatic carbocycles. The Morgan fingerprint density at radius 3 is 2.60 bits per heavy atom. The Kier molecular flexibility index (Phi) is 4.02. The average Bonchev–Trinajstić information content (AvgIpc) is 2.47. The van der Waals surface area contributed by atoms with Gasteiger partial charge >= 0.3 is 0 Å². The third-order valence-corrected chi connectivity index (χ3v) is 4.60. The van der Waals surface area contributed by atoms with Gasteiger partial charge in [0, 0.05) is 29.1 Å². The fourth-order valence-electron chi connectivity index (χ4n) is 2.96. The van der Waals surface area contributed by atoms with Crippen molar-refractivity contribution in [3.05, 3.63) is 69.2 Å². The summed E-state index contributed by atoms with van der Waals surface area (Å²) in [5.41, 5.74) is 3.82. The second-order valence-electron chi connectivity index (χ2n) is 5.25. The third-order valence-electron chi connectivity index (χ3n) is 4.04. The monoisotopic (exact) mass is 305 g/mol. The van der Waals surface area contributed by atoms with Gasteiger partial charge in [-0.15, -0.1) is 0 Å². The Labute approximate surface area is 130 Å². The van der Waals surface area contributed by atoms with E-state index in [1.54, 1.807) is 0 Å².